The molecule has 1 aliphatic carbocycles. The van der Waals surface area contributed by atoms with Crippen molar-refractivity contribution in [2.45, 2.75) is 51.7 Å². The minimum absolute atomic E-state index is 0.533. The number of aryl methyl sites for hydroxylation is 1. The molecule has 0 bridgehead atoms. The van der Waals surface area contributed by atoms with Gasteiger partial charge in [-0.2, -0.15) is 0 Å². The lowest BCUT2D eigenvalue weighted by molar-refractivity contribution is -0.0119. The average Bonchev–Trinajstić information content (AvgIpc) is 2.31. The molecule has 0 heterocycles. The topological polar surface area (TPSA) is 32.3 Å². The molecular weight excluding hydrogens is 258 g/mol. The van der Waals surface area contributed by atoms with Gasteiger partial charge in [0.05, 0.1) is 5.60 Å². The van der Waals surface area contributed by atoms with Gasteiger partial charge in [0.25, 0.3) is 0 Å². The zero-order valence-corrected chi connectivity index (χ0v) is 12.6. The summed E-state index contributed by atoms with van der Waals surface area (Å²) in [5.74, 6) is 0.628. The lowest BCUT2D eigenvalue weighted by Crippen LogP contribution is -2.43. The number of rotatable bonds is 4. The molecule has 3 heteroatoms. The van der Waals surface area contributed by atoms with E-state index in [4.69, 9.17) is 11.6 Å². The summed E-state index contributed by atoms with van der Waals surface area (Å²) in [6.07, 6.45) is 4.18. The summed E-state index contributed by atoms with van der Waals surface area (Å²) in [6.45, 7) is 5.63. The highest BCUT2D eigenvalue weighted by molar-refractivity contribution is 6.31. The Kier molecular flexibility index (Phi) is 4.88. The second-order valence-electron chi connectivity index (χ2n) is 6.12. The molecule has 0 spiro atoms. The Balaban J connectivity index is 1.85. The summed E-state index contributed by atoms with van der Waals surface area (Å²) in [4.78, 5) is 0. The molecule has 19 heavy (non-hydrogen) atoms. The molecule has 0 aliphatic heterocycles. The van der Waals surface area contributed by atoms with E-state index in [0.29, 0.717) is 12.5 Å². The maximum Gasteiger partial charge on any atom is 0.0774 e. The molecule has 0 radical (unpaired) electrons. The Morgan fingerprint density at radius 3 is 2.95 bits per heavy atom. The van der Waals surface area contributed by atoms with Crippen molar-refractivity contribution in [1.29, 1.82) is 0 Å². The quantitative estimate of drug-likeness (QED) is 0.882. The Morgan fingerprint density at radius 2 is 2.26 bits per heavy atom. The largest absolute Gasteiger partial charge is 0.389 e. The van der Waals surface area contributed by atoms with Gasteiger partial charge in [0, 0.05) is 18.1 Å². The third-order valence-corrected chi connectivity index (χ3v) is 4.40. The number of halogens is 1. The zero-order chi connectivity index (χ0) is 13.9. The van der Waals surface area contributed by atoms with Crippen molar-refractivity contribution in [3.63, 3.8) is 0 Å². The summed E-state index contributed by atoms with van der Waals surface area (Å²) in [5, 5.41) is 14.7. The van der Waals surface area contributed by atoms with E-state index < -0.39 is 5.60 Å². The van der Waals surface area contributed by atoms with Gasteiger partial charge in [-0.15, -0.1) is 0 Å². The van der Waals surface area contributed by atoms with Crippen LogP contribution in [0.15, 0.2) is 18.2 Å². The number of benzene rings is 1. The van der Waals surface area contributed by atoms with Crippen LogP contribution in [0, 0.1) is 12.8 Å². The second kappa shape index (κ2) is 6.25. The Labute approximate surface area is 121 Å². The Bertz CT molecular complexity index is 435. The summed E-state index contributed by atoms with van der Waals surface area (Å²) < 4.78 is 0. The first kappa shape index (κ1) is 14.8. The summed E-state index contributed by atoms with van der Waals surface area (Å²) in [6, 6.07) is 6.11. The van der Waals surface area contributed by atoms with Crippen LogP contribution in [-0.2, 0) is 6.54 Å². The molecule has 1 aromatic rings. The molecule has 2 N–H and O–H groups in total. The van der Waals surface area contributed by atoms with Crippen LogP contribution in [-0.4, -0.2) is 17.3 Å². The van der Waals surface area contributed by atoms with Gasteiger partial charge < -0.3 is 10.4 Å². The summed E-state index contributed by atoms with van der Waals surface area (Å²) in [7, 11) is 0. The molecule has 0 aromatic heterocycles. The standard InChI is InChI=1S/C16H24ClNO/c1-12-5-6-14(15(17)8-12)10-18-11-16(19)7-3-4-13(2)9-16/h5-6,8,13,18-19H,3-4,7,9-11H2,1-2H3. The first-order chi connectivity index (χ1) is 8.98. The third kappa shape index (κ3) is 4.20. The number of nitrogens with one attached hydrogen (secondary N) is 1. The Hall–Kier alpha value is -0.570. The molecule has 0 amide bonds. The maximum absolute atomic E-state index is 10.5. The lowest BCUT2D eigenvalue weighted by Gasteiger charge is -2.35. The van der Waals surface area contributed by atoms with Gasteiger partial charge >= 0.3 is 0 Å². The van der Waals surface area contributed by atoms with E-state index in [1.54, 1.807) is 0 Å². The van der Waals surface area contributed by atoms with Crippen LogP contribution in [0.4, 0.5) is 0 Å². The van der Waals surface area contributed by atoms with Gasteiger partial charge in [-0.1, -0.05) is 43.5 Å². The van der Waals surface area contributed by atoms with Gasteiger partial charge in [0.2, 0.25) is 0 Å². The molecule has 1 aliphatic rings. The number of hydrogen-bond donors (Lipinski definition) is 2. The third-order valence-electron chi connectivity index (χ3n) is 4.05. The van der Waals surface area contributed by atoms with E-state index in [-0.39, 0.29) is 0 Å². The molecule has 0 saturated heterocycles. The maximum atomic E-state index is 10.5. The molecule has 2 nitrogen and oxygen atoms in total. The van der Waals surface area contributed by atoms with Gasteiger partial charge in [-0.25, -0.2) is 0 Å². The van der Waals surface area contributed by atoms with E-state index in [1.807, 2.05) is 13.0 Å². The normalized spacial score (nSPS) is 27.5. The minimum Gasteiger partial charge on any atom is -0.389 e. The first-order valence-corrected chi connectivity index (χ1v) is 7.54. The fraction of sp³-hybridized carbons (Fsp3) is 0.625. The van der Waals surface area contributed by atoms with Gasteiger partial charge in [0.15, 0.2) is 0 Å². The highest BCUT2D eigenvalue weighted by Crippen LogP contribution is 2.31. The van der Waals surface area contributed by atoms with Crippen molar-refractivity contribution < 1.29 is 5.11 Å². The van der Waals surface area contributed by atoms with E-state index in [9.17, 15) is 5.11 Å². The van der Waals surface area contributed by atoms with Crippen molar-refractivity contribution in [1.82, 2.24) is 5.32 Å². The molecular formula is C16H24ClNO. The fourth-order valence-corrected chi connectivity index (χ4v) is 3.32. The predicted octanol–water partition coefficient (Wildman–Crippen LogP) is 3.68. The van der Waals surface area contributed by atoms with Crippen molar-refractivity contribution in [3.05, 3.63) is 34.3 Å². The average molecular weight is 282 g/mol. The van der Waals surface area contributed by atoms with E-state index in [0.717, 1.165) is 36.4 Å². The van der Waals surface area contributed by atoms with E-state index in [1.165, 1.54) is 12.0 Å². The Morgan fingerprint density at radius 1 is 1.47 bits per heavy atom. The van der Waals surface area contributed by atoms with Crippen molar-refractivity contribution in [2.24, 2.45) is 5.92 Å². The molecule has 1 aromatic carbocycles. The molecule has 2 rings (SSSR count). The van der Waals surface area contributed by atoms with Gasteiger partial charge in [-0.3, -0.25) is 0 Å². The van der Waals surface area contributed by atoms with Crippen molar-refractivity contribution >= 4 is 11.6 Å². The van der Waals surface area contributed by atoms with Crippen LogP contribution in [0.25, 0.3) is 0 Å². The van der Waals surface area contributed by atoms with Crippen LogP contribution < -0.4 is 5.32 Å². The predicted molar refractivity (Wildman–Crippen MR) is 80.5 cm³/mol. The van der Waals surface area contributed by atoms with Crippen LogP contribution >= 0.6 is 11.6 Å². The van der Waals surface area contributed by atoms with Crippen molar-refractivity contribution in [2.75, 3.05) is 6.54 Å². The number of hydrogen-bond acceptors (Lipinski definition) is 2. The highest BCUT2D eigenvalue weighted by atomic mass is 35.5. The monoisotopic (exact) mass is 281 g/mol. The summed E-state index contributed by atoms with van der Waals surface area (Å²) in [5.41, 5.74) is 1.74. The van der Waals surface area contributed by atoms with Crippen LogP contribution in [0.2, 0.25) is 5.02 Å². The van der Waals surface area contributed by atoms with Crippen LogP contribution in [0.3, 0.4) is 0 Å². The molecule has 1 saturated carbocycles. The highest BCUT2D eigenvalue weighted by Gasteiger charge is 2.31. The first-order valence-electron chi connectivity index (χ1n) is 7.17. The lowest BCUT2D eigenvalue weighted by atomic mass is 9.79. The smallest absolute Gasteiger partial charge is 0.0774 e. The molecule has 106 valence electrons. The molecule has 2 unspecified atom stereocenters. The van der Waals surface area contributed by atoms with Crippen LogP contribution in [0.1, 0.15) is 43.7 Å². The van der Waals surface area contributed by atoms with Crippen molar-refractivity contribution in [3.8, 4) is 0 Å². The SMILES string of the molecule is Cc1ccc(CNCC2(O)CCCC(C)C2)c(Cl)c1. The minimum atomic E-state index is -0.533. The van der Waals surface area contributed by atoms with Gasteiger partial charge in [0.1, 0.15) is 0 Å². The van der Waals surface area contributed by atoms with Crippen LogP contribution in [0.5, 0.6) is 0 Å². The van der Waals surface area contributed by atoms with Gasteiger partial charge in [-0.05, 0) is 42.9 Å². The molecule has 1 fully saturated rings. The van der Waals surface area contributed by atoms with E-state index >= 15 is 0 Å². The molecule has 2 atom stereocenters. The summed E-state index contributed by atoms with van der Waals surface area (Å²) >= 11 is 6.21. The van der Waals surface area contributed by atoms with E-state index in [2.05, 4.69) is 24.4 Å². The zero-order valence-electron chi connectivity index (χ0n) is 11.9. The number of aliphatic hydroxyl groups is 1. The second-order valence-corrected chi connectivity index (χ2v) is 6.53. The fourth-order valence-electron chi connectivity index (χ4n) is 3.02.